The van der Waals surface area contributed by atoms with Gasteiger partial charge in [-0.3, -0.25) is 19.6 Å². The van der Waals surface area contributed by atoms with Crippen LogP contribution >= 0.6 is 0 Å². The van der Waals surface area contributed by atoms with Crippen molar-refractivity contribution in [2.45, 2.75) is 51.7 Å². The largest absolute Gasteiger partial charge is 0.465 e. The summed E-state index contributed by atoms with van der Waals surface area (Å²) in [6.45, 7) is 8.21. The first-order chi connectivity index (χ1) is 18.5. The Bertz CT molecular complexity index is 1260. The van der Waals surface area contributed by atoms with Crippen molar-refractivity contribution in [3.8, 4) is 11.1 Å². The smallest absolute Gasteiger partial charge is 0.421 e. The van der Waals surface area contributed by atoms with Crippen LogP contribution < -0.4 is 0 Å². The second kappa shape index (κ2) is 11.9. The SMILES string of the molecule is CCOC(=O)[C@H]1CN(Cc2ccncc2)CCN1Cc1ccc(-c2ccc(C(C)(O)C(F)(F)F)cc2)c(C)c1. The van der Waals surface area contributed by atoms with Crippen molar-refractivity contribution < 1.29 is 27.8 Å². The first kappa shape index (κ1) is 28.7. The molecular weight excluding hydrogens is 507 g/mol. The Morgan fingerprint density at radius 1 is 1.03 bits per heavy atom. The first-order valence-corrected chi connectivity index (χ1v) is 13.0. The molecule has 6 nitrogen and oxygen atoms in total. The van der Waals surface area contributed by atoms with Crippen LogP contribution in [0.15, 0.2) is 67.0 Å². The molecule has 1 saturated heterocycles. The minimum atomic E-state index is -4.77. The van der Waals surface area contributed by atoms with Gasteiger partial charge in [0.1, 0.15) is 6.04 Å². The van der Waals surface area contributed by atoms with E-state index in [1.54, 1.807) is 31.5 Å². The van der Waals surface area contributed by atoms with E-state index in [0.29, 0.717) is 26.2 Å². The molecule has 0 saturated carbocycles. The minimum absolute atomic E-state index is 0.207. The van der Waals surface area contributed by atoms with Gasteiger partial charge in [-0.15, -0.1) is 0 Å². The molecule has 9 heteroatoms. The van der Waals surface area contributed by atoms with Crippen LogP contribution in [0.4, 0.5) is 13.2 Å². The second-order valence-electron chi connectivity index (χ2n) is 10.1. The molecule has 1 N–H and O–H groups in total. The average molecular weight is 542 g/mol. The summed E-state index contributed by atoms with van der Waals surface area (Å²) >= 11 is 0. The summed E-state index contributed by atoms with van der Waals surface area (Å²) < 4.78 is 45.0. The number of ether oxygens (including phenoxy) is 1. The van der Waals surface area contributed by atoms with Gasteiger partial charge in [0.2, 0.25) is 0 Å². The zero-order valence-corrected chi connectivity index (χ0v) is 22.4. The number of aliphatic hydroxyl groups is 1. The quantitative estimate of drug-likeness (QED) is 0.402. The third kappa shape index (κ3) is 6.66. The summed E-state index contributed by atoms with van der Waals surface area (Å²) in [5.41, 5.74) is 1.67. The number of esters is 1. The van der Waals surface area contributed by atoms with Gasteiger partial charge in [0, 0.05) is 45.1 Å². The van der Waals surface area contributed by atoms with Crippen molar-refractivity contribution in [3.63, 3.8) is 0 Å². The Balaban J connectivity index is 1.48. The molecule has 1 aliphatic heterocycles. The molecule has 0 amide bonds. The van der Waals surface area contributed by atoms with Crippen molar-refractivity contribution in [2.75, 3.05) is 26.2 Å². The average Bonchev–Trinajstić information content (AvgIpc) is 2.90. The molecule has 0 radical (unpaired) electrons. The van der Waals surface area contributed by atoms with E-state index < -0.39 is 17.8 Å². The predicted octanol–water partition coefficient (Wildman–Crippen LogP) is 5.08. The van der Waals surface area contributed by atoms with E-state index in [1.165, 1.54) is 12.1 Å². The van der Waals surface area contributed by atoms with Crippen molar-refractivity contribution in [1.29, 1.82) is 0 Å². The van der Waals surface area contributed by atoms with Gasteiger partial charge in [-0.2, -0.15) is 13.2 Å². The second-order valence-corrected chi connectivity index (χ2v) is 10.1. The third-order valence-electron chi connectivity index (χ3n) is 7.28. The van der Waals surface area contributed by atoms with E-state index in [-0.39, 0.29) is 11.5 Å². The van der Waals surface area contributed by atoms with Crippen molar-refractivity contribution in [2.24, 2.45) is 0 Å². The lowest BCUT2D eigenvalue weighted by molar-refractivity contribution is -0.258. The maximum absolute atomic E-state index is 13.2. The van der Waals surface area contributed by atoms with Crippen LogP contribution in [-0.4, -0.2) is 64.3 Å². The summed E-state index contributed by atoms with van der Waals surface area (Å²) in [5, 5.41) is 9.95. The lowest BCUT2D eigenvalue weighted by Gasteiger charge is -2.40. The molecule has 2 aromatic carbocycles. The number of halogens is 3. The molecule has 0 aliphatic carbocycles. The van der Waals surface area contributed by atoms with Crippen LogP contribution in [-0.2, 0) is 28.2 Å². The van der Waals surface area contributed by atoms with Gasteiger partial charge < -0.3 is 9.84 Å². The van der Waals surface area contributed by atoms with Crippen LogP contribution in [0.25, 0.3) is 11.1 Å². The molecule has 3 aromatic rings. The molecule has 1 aliphatic rings. The number of aromatic nitrogens is 1. The lowest BCUT2D eigenvalue weighted by atomic mass is 9.92. The zero-order chi connectivity index (χ0) is 28.2. The molecule has 1 unspecified atom stereocenters. The van der Waals surface area contributed by atoms with Gasteiger partial charge in [-0.05, 0) is 66.3 Å². The number of pyridine rings is 1. The highest BCUT2D eigenvalue weighted by molar-refractivity contribution is 5.76. The van der Waals surface area contributed by atoms with E-state index >= 15 is 0 Å². The van der Waals surface area contributed by atoms with Crippen molar-refractivity contribution in [1.82, 2.24) is 14.8 Å². The van der Waals surface area contributed by atoms with Crippen molar-refractivity contribution in [3.05, 3.63) is 89.2 Å². The number of hydrogen-bond acceptors (Lipinski definition) is 6. The number of alkyl halides is 3. The van der Waals surface area contributed by atoms with Crippen LogP contribution in [0.5, 0.6) is 0 Å². The Hall–Kier alpha value is -3.27. The number of carbonyl (C=O) groups is 1. The molecular formula is C30H34F3N3O3. The number of hydrogen-bond donors (Lipinski definition) is 1. The van der Waals surface area contributed by atoms with Crippen LogP contribution in [0, 0.1) is 6.92 Å². The topological polar surface area (TPSA) is 65.9 Å². The number of rotatable bonds is 8. The van der Waals surface area contributed by atoms with E-state index in [9.17, 15) is 23.1 Å². The fourth-order valence-corrected chi connectivity index (χ4v) is 4.94. The number of nitrogens with zero attached hydrogens (tertiary/aromatic N) is 3. The molecule has 39 heavy (non-hydrogen) atoms. The normalized spacial score (nSPS) is 18.5. The zero-order valence-electron chi connectivity index (χ0n) is 22.4. The molecule has 1 aromatic heterocycles. The highest BCUT2D eigenvalue weighted by Crippen LogP contribution is 2.39. The molecule has 4 rings (SSSR count). The van der Waals surface area contributed by atoms with E-state index in [4.69, 9.17) is 4.74 Å². The van der Waals surface area contributed by atoms with Gasteiger partial charge in [0.25, 0.3) is 0 Å². The maximum atomic E-state index is 13.2. The lowest BCUT2D eigenvalue weighted by Crippen LogP contribution is -2.56. The highest BCUT2D eigenvalue weighted by atomic mass is 19.4. The summed E-state index contributed by atoms with van der Waals surface area (Å²) in [5.74, 6) is -0.236. The maximum Gasteiger partial charge on any atom is 0.421 e. The summed E-state index contributed by atoms with van der Waals surface area (Å²) in [6.07, 6.45) is -1.24. The van der Waals surface area contributed by atoms with E-state index in [1.807, 2.05) is 37.3 Å². The van der Waals surface area contributed by atoms with Gasteiger partial charge in [0.05, 0.1) is 6.61 Å². The van der Waals surface area contributed by atoms with E-state index in [2.05, 4.69) is 14.8 Å². The minimum Gasteiger partial charge on any atom is -0.465 e. The van der Waals surface area contributed by atoms with Gasteiger partial charge in [-0.1, -0.05) is 42.5 Å². The molecule has 0 bridgehead atoms. The summed E-state index contributed by atoms with van der Waals surface area (Å²) in [7, 11) is 0. The standard InChI is InChI=1S/C30H34F3N3O3/c1-4-39-28(37)27-20-35(18-22-11-13-34-14-12-22)15-16-36(27)19-23-5-10-26(21(2)17-23)24-6-8-25(9-7-24)29(3,38)30(31,32)33/h5-14,17,27,38H,4,15-16,18-20H2,1-3H3/t27-,29?/m1/s1. The number of carbonyl (C=O) groups excluding carboxylic acids is 1. The number of aryl methyl sites for hydroxylation is 1. The molecule has 0 spiro atoms. The molecule has 208 valence electrons. The Labute approximate surface area is 227 Å². The van der Waals surface area contributed by atoms with Crippen LogP contribution in [0.3, 0.4) is 0 Å². The predicted molar refractivity (Wildman–Crippen MR) is 143 cm³/mol. The fraction of sp³-hybridized carbons (Fsp3) is 0.400. The van der Waals surface area contributed by atoms with Crippen molar-refractivity contribution >= 4 is 5.97 Å². The Kier molecular flexibility index (Phi) is 8.73. The third-order valence-corrected chi connectivity index (χ3v) is 7.28. The van der Waals surface area contributed by atoms with E-state index in [0.717, 1.165) is 47.8 Å². The monoisotopic (exact) mass is 541 g/mol. The molecule has 1 fully saturated rings. The number of benzene rings is 2. The highest BCUT2D eigenvalue weighted by Gasteiger charge is 2.51. The van der Waals surface area contributed by atoms with Gasteiger partial charge in [-0.25, -0.2) is 0 Å². The summed E-state index contributed by atoms with van der Waals surface area (Å²) in [4.78, 5) is 21.3. The fourth-order valence-electron chi connectivity index (χ4n) is 4.94. The Morgan fingerprint density at radius 2 is 1.72 bits per heavy atom. The Morgan fingerprint density at radius 3 is 2.33 bits per heavy atom. The summed E-state index contributed by atoms with van der Waals surface area (Å²) in [6, 6.07) is 15.3. The van der Waals surface area contributed by atoms with Crippen LogP contribution in [0.1, 0.15) is 36.1 Å². The molecule has 2 heterocycles. The molecule has 2 atom stereocenters. The first-order valence-electron chi connectivity index (χ1n) is 13.0. The number of piperazine rings is 1. The van der Waals surface area contributed by atoms with Gasteiger partial charge >= 0.3 is 12.1 Å². The van der Waals surface area contributed by atoms with Crippen LogP contribution in [0.2, 0.25) is 0 Å². The van der Waals surface area contributed by atoms with Gasteiger partial charge in [0.15, 0.2) is 5.60 Å².